The molecule has 0 saturated carbocycles. The fourth-order valence-electron chi connectivity index (χ4n) is 4.77. The summed E-state index contributed by atoms with van der Waals surface area (Å²) in [6.45, 7) is 2.70. The van der Waals surface area contributed by atoms with Crippen molar-refractivity contribution in [3.63, 3.8) is 0 Å². The summed E-state index contributed by atoms with van der Waals surface area (Å²) in [5.74, 6) is -0.740. The average molecular weight is 532 g/mol. The second kappa shape index (κ2) is 10.0. The van der Waals surface area contributed by atoms with E-state index in [1.165, 1.54) is 26.3 Å². The van der Waals surface area contributed by atoms with Crippen LogP contribution in [0.5, 0.6) is 6.01 Å². The Morgan fingerprint density at radius 2 is 1.87 bits per heavy atom. The fourth-order valence-corrected chi connectivity index (χ4v) is 4.77. The third-order valence-corrected chi connectivity index (χ3v) is 6.67. The first-order chi connectivity index (χ1) is 18.7. The molecule has 2 N–H and O–H groups in total. The second-order valence-corrected chi connectivity index (χ2v) is 8.91. The lowest BCUT2D eigenvalue weighted by atomic mass is 9.98. The van der Waals surface area contributed by atoms with Gasteiger partial charge in [0.1, 0.15) is 11.6 Å². The first-order valence-electron chi connectivity index (χ1n) is 12.2. The maximum absolute atomic E-state index is 15.4. The SMILES string of the molecule is CCc1c(-c2ccc(-n3c(OC)nn(C)c3=O)c(F)c2)ccnc1N1CCN(c2cccc(C(N)=O)c2)C1=O. The van der Waals surface area contributed by atoms with E-state index in [0.29, 0.717) is 47.7 Å². The number of hydrogen-bond donors (Lipinski definition) is 1. The predicted octanol–water partition coefficient (Wildman–Crippen LogP) is 2.89. The molecule has 3 heterocycles. The summed E-state index contributed by atoms with van der Waals surface area (Å²) in [5, 5.41) is 3.96. The first kappa shape index (κ1) is 25.6. The Labute approximate surface area is 222 Å². The monoisotopic (exact) mass is 531 g/mol. The summed E-state index contributed by atoms with van der Waals surface area (Å²) >= 11 is 0. The molecule has 2 aromatic heterocycles. The molecule has 12 heteroatoms. The molecule has 0 spiro atoms. The predicted molar refractivity (Wildman–Crippen MR) is 143 cm³/mol. The highest BCUT2D eigenvalue weighted by Crippen LogP contribution is 2.34. The molecule has 0 unspecified atom stereocenters. The lowest BCUT2D eigenvalue weighted by molar-refractivity contribution is 0.1000. The summed E-state index contributed by atoms with van der Waals surface area (Å²) in [6, 6.07) is 12.6. The average Bonchev–Trinajstić information content (AvgIpc) is 3.46. The Bertz CT molecular complexity index is 1660. The number of benzene rings is 2. The number of halogens is 1. The van der Waals surface area contributed by atoms with E-state index in [-0.39, 0.29) is 17.7 Å². The molecule has 4 aromatic rings. The highest BCUT2D eigenvalue weighted by Gasteiger charge is 2.33. The number of amides is 3. The quantitative estimate of drug-likeness (QED) is 0.391. The number of aromatic nitrogens is 4. The van der Waals surface area contributed by atoms with E-state index in [0.717, 1.165) is 14.8 Å². The molecule has 1 fully saturated rings. The van der Waals surface area contributed by atoms with Gasteiger partial charge in [0.15, 0.2) is 0 Å². The number of nitrogens with two attached hydrogens (primary N) is 1. The normalized spacial score (nSPS) is 13.3. The number of carbonyl (C=O) groups excluding carboxylic acids is 2. The number of anilines is 2. The molecule has 2 aromatic carbocycles. The van der Waals surface area contributed by atoms with Crippen LogP contribution in [0, 0.1) is 5.82 Å². The van der Waals surface area contributed by atoms with E-state index < -0.39 is 17.4 Å². The van der Waals surface area contributed by atoms with Crippen LogP contribution >= 0.6 is 0 Å². The second-order valence-electron chi connectivity index (χ2n) is 8.91. The van der Waals surface area contributed by atoms with Gasteiger partial charge in [0.05, 0.1) is 12.8 Å². The van der Waals surface area contributed by atoms with Gasteiger partial charge in [0, 0.05) is 43.1 Å². The lowest BCUT2D eigenvalue weighted by Gasteiger charge is -2.22. The number of nitrogens with zero attached hydrogens (tertiary/aromatic N) is 6. The minimum absolute atomic E-state index is 0.00424. The van der Waals surface area contributed by atoms with Gasteiger partial charge >= 0.3 is 17.7 Å². The summed E-state index contributed by atoms with van der Waals surface area (Å²) in [5.41, 5.74) is 7.77. The number of methoxy groups -OCH3 is 1. The Kier molecular flexibility index (Phi) is 6.60. The maximum atomic E-state index is 15.4. The molecule has 11 nitrogen and oxygen atoms in total. The fraction of sp³-hybridized carbons (Fsp3) is 0.222. The molecule has 1 aliphatic heterocycles. The molecule has 5 rings (SSSR count). The smallest absolute Gasteiger partial charge is 0.353 e. The van der Waals surface area contributed by atoms with Crippen molar-refractivity contribution in [3.8, 4) is 22.8 Å². The van der Waals surface area contributed by atoms with Crippen molar-refractivity contribution in [1.82, 2.24) is 19.3 Å². The standard InChI is InChI=1S/C27H26FN7O4/c1-4-19-20(16-8-9-22(21(28)15-16)35-25(39-3)31-32(2)26(35)37)10-11-30-24(19)34-13-12-33(27(34)38)18-7-5-6-17(14-18)23(29)36/h5-11,14-15H,4,12-13H2,1-3H3,(H2,29,36). The number of primary amides is 1. The first-order valence-corrected chi connectivity index (χ1v) is 12.2. The topological polar surface area (TPSA) is 129 Å². The third-order valence-electron chi connectivity index (χ3n) is 6.67. The van der Waals surface area contributed by atoms with Crippen LogP contribution < -0.4 is 26.0 Å². The van der Waals surface area contributed by atoms with Crippen molar-refractivity contribution >= 4 is 23.4 Å². The van der Waals surface area contributed by atoms with Gasteiger partial charge in [-0.15, -0.1) is 5.10 Å². The highest BCUT2D eigenvalue weighted by molar-refractivity contribution is 6.07. The van der Waals surface area contributed by atoms with Gasteiger partial charge in [-0.1, -0.05) is 19.1 Å². The minimum Gasteiger partial charge on any atom is -0.467 e. The largest absolute Gasteiger partial charge is 0.467 e. The molecular formula is C27H26FN7O4. The van der Waals surface area contributed by atoms with Crippen LogP contribution in [0.25, 0.3) is 16.8 Å². The number of rotatable bonds is 7. The number of hydrogen-bond acceptors (Lipinski definition) is 6. The zero-order chi connectivity index (χ0) is 27.8. The van der Waals surface area contributed by atoms with E-state index in [1.807, 2.05) is 6.92 Å². The molecule has 0 bridgehead atoms. The zero-order valence-electron chi connectivity index (χ0n) is 21.6. The van der Waals surface area contributed by atoms with E-state index in [9.17, 15) is 14.4 Å². The Morgan fingerprint density at radius 3 is 2.56 bits per heavy atom. The van der Waals surface area contributed by atoms with Gasteiger partial charge in [0.2, 0.25) is 5.91 Å². The van der Waals surface area contributed by atoms with Gasteiger partial charge in [-0.2, -0.15) is 0 Å². The van der Waals surface area contributed by atoms with Crippen molar-refractivity contribution in [1.29, 1.82) is 0 Å². The molecule has 3 amide bonds. The molecular weight excluding hydrogens is 505 g/mol. The number of urea groups is 1. The number of carbonyl (C=O) groups is 2. The molecule has 1 aliphatic rings. The van der Waals surface area contributed by atoms with Crippen molar-refractivity contribution in [2.45, 2.75) is 13.3 Å². The van der Waals surface area contributed by atoms with E-state index >= 15 is 4.39 Å². The number of pyridine rings is 1. The van der Waals surface area contributed by atoms with Crippen molar-refractivity contribution in [2.24, 2.45) is 12.8 Å². The van der Waals surface area contributed by atoms with Gasteiger partial charge in [-0.25, -0.2) is 28.2 Å². The van der Waals surface area contributed by atoms with Gasteiger partial charge in [-0.05, 0) is 53.9 Å². The molecule has 1 saturated heterocycles. The molecule has 0 aliphatic carbocycles. The Hall–Kier alpha value is -5.00. The Morgan fingerprint density at radius 1 is 1.10 bits per heavy atom. The lowest BCUT2D eigenvalue weighted by Crippen LogP contribution is -2.33. The molecule has 0 atom stereocenters. The Balaban J connectivity index is 1.50. The highest BCUT2D eigenvalue weighted by atomic mass is 19.1. The summed E-state index contributed by atoms with van der Waals surface area (Å²) in [6.07, 6.45) is 2.10. The minimum atomic E-state index is -0.640. The number of aryl methyl sites for hydroxylation is 1. The van der Waals surface area contributed by atoms with Crippen LogP contribution in [0.1, 0.15) is 22.8 Å². The van der Waals surface area contributed by atoms with Crippen molar-refractivity contribution in [2.75, 3.05) is 30.0 Å². The maximum Gasteiger partial charge on any atom is 0.353 e. The summed E-state index contributed by atoms with van der Waals surface area (Å²) in [4.78, 5) is 45.2. The van der Waals surface area contributed by atoms with Crippen LogP contribution in [0.15, 0.2) is 59.5 Å². The van der Waals surface area contributed by atoms with Gasteiger partial charge < -0.3 is 10.5 Å². The zero-order valence-corrected chi connectivity index (χ0v) is 21.6. The van der Waals surface area contributed by atoms with Crippen LogP contribution in [-0.2, 0) is 13.5 Å². The van der Waals surface area contributed by atoms with E-state index in [1.54, 1.807) is 52.4 Å². The number of ether oxygens (including phenoxy) is 1. The third kappa shape index (κ3) is 4.39. The van der Waals surface area contributed by atoms with Crippen LogP contribution in [0.3, 0.4) is 0 Å². The van der Waals surface area contributed by atoms with Crippen LogP contribution in [0.2, 0.25) is 0 Å². The summed E-state index contributed by atoms with van der Waals surface area (Å²) in [7, 11) is 2.81. The summed E-state index contributed by atoms with van der Waals surface area (Å²) < 4.78 is 22.6. The van der Waals surface area contributed by atoms with Crippen LogP contribution in [-0.4, -0.2) is 51.5 Å². The van der Waals surface area contributed by atoms with Crippen molar-refractivity contribution in [3.05, 3.63) is 82.2 Å². The van der Waals surface area contributed by atoms with Crippen LogP contribution in [0.4, 0.5) is 20.7 Å². The molecule has 200 valence electrons. The van der Waals surface area contributed by atoms with Gasteiger partial charge in [0.25, 0.3) is 0 Å². The molecule has 39 heavy (non-hydrogen) atoms. The van der Waals surface area contributed by atoms with Gasteiger partial charge in [-0.3, -0.25) is 14.6 Å². The van der Waals surface area contributed by atoms with E-state index in [2.05, 4.69) is 10.1 Å². The van der Waals surface area contributed by atoms with E-state index in [4.69, 9.17) is 10.5 Å². The van der Waals surface area contributed by atoms with Crippen molar-refractivity contribution < 1.29 is 18.7 Å². The molecule has 0 radical (unpaired) electrons.